The Hall–Kier alpha value is -1.39. The molecule has 2 aromatic carbocycles. The van der Waals surface area contributed by atoms with Crippen molar-refractivity contribution in [3.63, 3.8) is 0 Å². The summed E-state index contributed by atoms with van der Waals surface area (Å²) in [6.45, 7) is 10.5. The zero-order valence-electron chi connectivity index (χ0n) is 14.0. The van der Waals surface area contributed by atoms with Crippen LogP contribution in [0.1, 0.15) is 34.6 Å². The summed E-state index contributed by atoms with van der Waals surface area (Å²) in [7, 11) is -3.53. The third-order valence-corrected chi connectivity index (χ3v) is 6.44. The van der Waals surface area contributed by atoms with E-state index in [0.717, 1.165) is 10.8 Å². The van der Waals surface area contributed by atoms with Crippen LogP contribution in [0.4, 0.5) is 0 Å². The summed E-state index contributed by atoms with van der Waals surface area (Å²) in [6, 6.07) is 13.0. The summed E-state index contributed by atoms with van der Waals surface area (Å²) >= 11 is 0. The molecule has 0 aliphatic carbocycles. The van der Waals surface area contributed by atoms with Gasteiger partial charge in [0.1, 0.15) is 0 Å². The Morgan fingerprint density at radius 3 is 2.23 bits per heavy atom. The lowest BCUT2D eigenvalue weighted by Gasteiger charge is -2.36. The highest BCUT2D eigenvalue weighted by Gasteiger charge is 2.34. The molecule has 0 heterocycles. The van der Waals surface area contributed by atoms with Crippen LogP contribution >= 0.6 is 0 Å². The Labute approximate surface area is 134 Å². The zero-order valence-corrected chi connectivity index (χ0v) is 14.8. The second kappa shape index (κ2) is 6.01. The third kappa shape index (κ3) is 3.03. The molecule has 4 heteroatoms. The van der Waals surface area contributed by atoms with Gasteiger partial charge in [-0.05, 0) is 23.8 Å². The largest absolute Gasteiger partial charge is 0.243 e. The van der Waals surface area contributed by atoms with Crippen molar-refractivity contribution in [2.45, 2.75) is 45.6 Å². The molecule has 22 heavy (non-hydrogen) atoms. The molecule has 0 unspecified atom stereocenters. The number of hydrogen-bond donors (Lipinski definition) is 0. The maximum absolute atomic E-state index is 13.2. The van der Waals surface area contributed by atoms with E-state index >= 15 is 0 Å². The fourth-order valence-corrected chi connectivity index (χ4v) is 4.67. The van der Waals surface area contributed by atoms with Crippen molar-refractivity contribution in [3.8, 4) is 0 Å². The van der Waals surface area contributed by atoms with E-state index in [-0.39, 0.29) is 11.5 Å². The third-order valence-electron chi connectivity index (χ3n) is 4.33. The Balaban J connectivity index is 2.61. The monoisotopic (exact) mass is 319 g/mol. The number of sulfonamides is 1. The van der Waals surface area contributed by atoms with Crippen LogP contribution in [0.5, 0.6) is 0 Å². The van der Waals surface area contributed by atoms with Crippen LogP contribution < -0.4 is 0 Å². The normalized spacial score (nSPS) is 14.5. The van der Waals surface area contributed by atoms with Gasteiger partial charge in [0.25, 0.3) is 0 Å². The van der Waals surface area contributed by atoms with Gasteiger partial charge in [-0.25, -0.2) is 8.42 Å². The molecule has 1 atom stereocenters. The first-order valence-electron chi connectivity index (χ1n) is 7.69. The van der Waals surface area contributed by atoms with Crippen molar-refractivity contribution in [2.24, 2.45) is 5.41 Å². The average molecular weight is 319 g/mol. The Morgan fingerprint density at radius 1 is 1.05 bits per heavy atom. The Bertz CT molecular complexity index is 755. The first kappa shape index (κ1) is 17.0. The molecule has 2 aromatic rings. The molecule has 0 aliphatic heterocycles. The predicted octanol–water partition coefficient (Wildman–Crippen LogP) is 4.29. The maximum atomic E-state index is 13.2. The number of fused-ring (bicyclic) bond motifs is 1. The summed E-state index contributed by atoms with van der Waals surface area (Å²) < 4.78 is 28.0. The van der Waals surface area contributed by atoms with E-state index in [1.165, 1.54) is 0 Å². The molecule has 0 radical (unpaired) electrons. The van der Waals surface area contributed by atoms with Crippen LogP contribution in [-0.2, 0) is 10.0 Å². The smallest absolute Gasteiger partial charge is 0.207 e. The lowest BCUT2D eigenvalue weighted by Crippen LogP contribution is -2.45. The van der Waals surface area contributed by atoms with Crippen molar-refractivity contribution in [1.82, 2.24) is 4.31 Å². The van der Waals surface area contributed by atoms with Crippen molar-refractivity contribution in [3.05, 3.63) is 42.5 Å². The summed E-state index contributed by atoms with van der Waals surface area (Å²) in [5, 5.41) is 1.73. The first-order valence-corrected chi connectivity index (χ1v) is 9.13. The van der Waals surface area contributed by atoms with Crippen molar-refractivity contribution >= 4 is 20.8 Å². The van der Waals surface area contributed by atoms with E-state index in [4.69, 9.17) is 0 Å². The molecule has 0 fully saturated rings. The molecule has 0 N–H and O–H groups in total. The van der Waals surface area contributed by atoms with Gasteiger partial charge in [0.2, 0.25) is 10.0 Å². The van der Waals surface area contributed by atoms with Gasteiger partial charge >= 0.3 is 0 Å². The van der Waals surface area contributed by atoms with Crippen LogP contribution in [0, 0.1) is 5.41 Å². The van der Waals surface area contributed by atoms with Gasteiger partial charge in [0.15, 0.2) is 0 Å². The molecule has 0 spiro atoms. The van der Waals surface area contributed by atoms with Gasteiger partial charge in [0.05, 0.1) is 4.90 Å². The van der Waals surface area contributed by atoms with Crippen molar-refractivity contribution < 1.29 is 8.42 Å². The summed E-state index contributed by atoms with van der Waals surface area (Å²) in [4.78, 5) is 0.392. The minimum absolute atomic E-state index is 0.0820. The summed E-state index contributed by atoms with van der Waals surface area (Å²) in [5.41, 5.74) is -0.117. The second-order valence-electron chi connectivity index (χ2n) is 6.73. The van der Waals surface area contributed by atoms with E-state index in [0.29, 0.717) is 11.4 Å². The number of nitrogens with zero attached hydrogens (tertiary/aromatic N) is 1. The lowest BCUT2D eigenvalue weighted by molar-refractivity contribution is 0.198. The topological polar surface area (TPSA) is 37.4 Å². The van der Waals surface area contributed by atoms with Crippen LogP contribution in [0.3, 0.4) is 0 Å². The molecular formula is C18H25NO2S. The second-order valence-corrected chi connectivity index (χ2v) is 8.59. The molecule has 0 amide bonds. The summed E-state index contributed by atoms with van der Waals surface area (Å²) in [5.74, 6) is 0. The van der Waals surface area contributed by atoms with E-state index in [1.54, 1.807) is 10.4 Å². The fraction of sp³-hybridized carbons (Fsp3) is 0.444. The lowest BCUT2D eigenvalue weighted by atomic mass is 9.88. The molecule has 0 saturated heterocycles. The van der Waals surface area contributed by atoms with Crippen LogP contribution in [0.25, 0.3) is 10.8 Å². The van der Waals surface area contributed by atoms with Crippen LogP contribution in [0.2, 0.25) is 0 Å². The quantitative estimate of drug-likeness (QED) is 0.843. The Morgan fingerprint density at radius 2 is 1.64 bits per heavy atom. The van der Waals surface area contributed by atoms with E-state index in [9.17, 15) is 8.42 Å². The van der Waals surface area contributed by atoms with Gasteiger partial charge in [-0.3, -0.25) is 0 Å². The van der Waals surface area contributed by atoms with Crippen LogP contribution in [-0.4, -0.2) is 25.3 Å². The molecule has 0 aromatic heterocycles. The predicted molar refractivity (Wildman–Crippen MR) is 92.4 cm³/mol. The van der Waals surface area contributed by atoms with E-state index < -0.39 is 10.0 Å². The van der Waals surface area contributed by atoms with Gasteiger partial charge in [-0.1, -0.05) is 64.1 Å². The molecule has 3 nitrogen and oxygen atoms in total. The summed E-state index contributed by atoms with van der Waals surface area (Å²) in [6.07, 6.45) is 0. The standard InChI is InChI=1S/C18H25NO2S/c1-6-19(14(2)18(3,4)5)22(20,21)17-13-9-11-15-10-7-8-12-16(15)17/h7-14H,6H2,1-5H3/t14-/m0/s1. The number of hydrogen-bond acceptors (Lipinski definition) is 2. The molecule has 0 bridgehead atoms. The maximum Gasteiger partial charge on any atom is 0.243 e. The number of rotatable bonds is 4. The zero-order chi connectivity index (χ0) is 16.5. The number of benzene rings is 2. The van der Waals surface area contributed by atoms with Gasteiger partial charge in [-0.2, -0.15) is 4.31 Å². The van der Waals surface area contributed by atoms with Crippen LogP contribution in [0.15, 0.2) is 47.4 Å². The fourth-order valence-electron chi connectivity index (χ4n) is 2.63. The van der Waals surface area contributed by atoms with Gasteiger partial charge in [0, 0.05) is 18.0 Å². The van der Waals surface area contributed by atoms with E-state index in [2.05, 4.69) is 20.8 Å². The van der Waals surface area contributed by atoms with Crippen molar-refractivity contribution in [1.29, 1.82) is 0 Å². The van der Waals surface area contributed by atoms with Crippen molar-refractivity contribution in [2.75, 3.05) is 6.54 Å². The minimum Gasteiger partial charge on any atom is -0.207 e. The average Bonchev–Trinajstić information content (AvgIpc) is 2.46. The molecule has 2 rings (SSSR count). The minimum atomic E-state index is -3.53. The highest BCUT2D eigenvalue weighted by atomic mass is 32.2. The highest BCUT2D eigenvalue weighted by molar-refractivity contribution is 7.89. The van der Waals surface area contributed by atoms with E-state index in [1.807, 2.05) is 50.2 Å². The SMILES string of the molecule is CCN([C@@H](C)C(C)(C)C)S(=O)(=O)c1cccc2ccccc12. The van der Waals surface area contributed by atoms with Gasteiger partial charge in [-0.15, -0.1) is 0 Å². The first-order chi connectivity index (χ1) is 10.2. The molecule has 0 saturated carbocycles. The molecular weight excluding hydrogens is 294 g/mol. The highest BCUT2D eigenvalue weighted by Crippen LogP contribution is 2.31. The molecule has 120 valence electrons. The molecule has 0 aliphatic rings. The Kier molecular flexibility index (Phi) is 4.64. The van der Waals surface area contributed by atoms with Gasteiger partial charge < -0.3 is 0 Å².